The van der Waals surface area contributed by atoms with Crippen LogP contribution in [0, 0.1) is 3.57 Å². The van der Waals surface area contributed by atoms with Crippen LogP contribution in [0.2, 0.25) is 0 Å². The number of benzene rings is 1. The average molecular weight is 401 g/mol. The fourth-order valence-corrected chi connectivity index (χ4v) is 2.33. The van der Waals surface area contributed by atoms with Crippen LogP contribution in [0.3, 0.4) is 0 Å². The minimum Gasteiger partial charge on any atom is -0.493 e. The van der Waals surface area contributed by atoms with E-state index in [1.165, 1.54) is 0 Å². The Kier molecular flexibility index (Phi) is 5.18. The Hall–Kier alpha value is -1.61. The van der Waals surface area contributed by atoms with Crippen LogP contribution in [-0.4, -0.2) is 31.3 Å². The first kappa shape index (κ1) is 15.8. The quantitative estimate of drug-likeness (QED) is 0.776. The molecule has 1 aromatic heterocycles. The van der Waals surface area contributed by atoms with E-state index in [2.05, 4.69) is 32.6 Å². The van der Waals surface area contributed by atoms with Crippen LogP contribution in [0.25, 0.3) is 11.4 Å². The van der Waals surface area contributed by atoms with Gasteiger partial charge in [-0.05, 0) is 34.7 Å². The average Bonchev–Trinajstić information content (AvgIpc) is 2.50. The number of halogens is 1. The van der Waals surface area contributed by atoms with Gasteiger partial charge in [0.15, 0.2) is 17.3 Å². The van der Waals surface area contributed by atoms with Gasteiger partial charge in [-0.1, -0.05) is 6.07 Å². The van der Waals surface area contributed by atoms with Crippen LogP contribution < -0.4 is 15.2 Å². The highest BCUT2D eigenvalue weighted by molar-refractivity contribution is 14.1. The van der Waals surface area contributed by atoms with Gasteiger partial charge in [-0.15, -0.1) is 0 Å². The van der Waals surface area contributed by atoms with Gasteiger partial charge in [0.2, 0.25) is 0 Å². The molecule has 2 aromatic rings. The van der Waals surface area contributed by atoms with E-state index in [1.807, 2.05) is 18.2 Å². The van der Waals surface area contributed by atoms with Gasteiger partial charge < -0.3 is 19.9 Å². The number of hydrogen-bond donors (Lipinski definition) is 1. The molecule has 0 saturated heterocycles. The highest BCUT2D eigenvalue weighted by atomic mass is 127. The molecule has 0 bridgehead atoms. The van der Waals surface area contributed by atoms with Crippen LogP contribution in [0.4, 0.5) is 5.82 Å². The van der Waals surface area contributed by atoms with Gasteiger partial charge >= 0.3 is 0 Å². The maximum absolute atomic E-state index is 5.96. The predicted octanol–water partition coefficient (Wildman–Crippen LogP) is 2.49. The zero-order valence-corrected chi connectivity index (χ0v) is 14.2. The topological polar surface area (TPSA) is 79.5 Å². The fourth-order valence-electron chi connectivity index (χ4n) is 1.93. The molecule has 0 aliphatic rings. The van der Waals surface area contributed by atoms with E-state index in [0.717, 1.165) is 14.8 Å². The summed E-state index contributed by atoms with van der Waals surface area (Å²) >= 11 is 2.11. The Labute approximate surface area is 136 Å². The van der Waals surface area contributed by atoms with Gasteiger partial charge in [0.1, 0.15) is 5.82 Å². The summed E-state index contributed by atoms with van der Waals surface area (Å²) in [6, 6.07) is 5.53. The second kappa shape index (κ2) is 6.90. The molecular weight excluding hydrogens is 385 g/mol. The van der Waals surface area contributed by atoms with Crippen LogP contribution in [-0.2, 0) is 11.3 Å². The monoisotopic (exact) mass is 401 g/mol. The van der Waals surface area contributed by atoms with E-state index < -0.39 is 0 Å². The molecule has 0 aliphatic heterocycles. The highest BCUT2D eigenvalue weighted by Gasteiger charge is 2.17. The molecule has 21 heavy (non-hydrogen) atoms. The standard InChI is InChI=1S/C14H16IN3O3/c1-19-7-9-11(15)13(16)18-14(17-9)8-5-4-6-10(20-2)12(8)21-3/h4-6H,7H2,1-3H3,(H2,16,17,18). The SMILES string of the molecule is COCc1nc(-c2cccc(OC)c2OC)nc(N)c1I. The molecule has 0 saturated carbocycles. The summed E-state index contributed by atoms with van der Waals surface area (Å²) < 4.78 is 16.6. The molecule has 7 heteroatoms. The normalized spacial score (nSPS) is 10.5. The molecule has 1 heterocycles. The van der Waals surface area contributed by atoms with Crippen molar-refractivity contribution in [2.24, 2.45) is 0 Å². The number of nitrogen functional groups attached to an aromatic ring is 1. The summed E-state index contributed by atoms with van der Waals surface area (Å²) in [7, 11) is 4.77. The highest BCUT2D eigenvalue weighted by Crippen LogP contribution is 2.37. The molecule has 2 rings (SSSR count). The lowest BCUT2D eigenvalue weighted by atomic mass is 10.1. The molecule has 0 radical (unpaired) electrons. The van der Waals surface area contributed by atoms with Gasteiger partial charge in [0.05, 0.1) is 35.7 Å². The summed E-state index contributed by atoms with van der Waals surface area (Å²) in [5.74, 6) is 2.08. The third-order valence-electron chi connectivity index (χ3n) is 2.87. The van der Waals surface area contributed by atoms with E-state index in [4.69, 9.17) is 19.9 Å². The summed E-state index contributed by atoms with van der Waals surface area (Å²) in [5, 5.41) is 0. The van der Waals surface area contributed by atoms with Crippen molar-refractivity contribution in [3.05, 3.63) is 27.5 Å². The zero-order valence-electron chi connectivity index (χ0n) is 12.0. The van der Waals surface area contributed by atoms with E-state index >= 15 is 0 Å². The Bertz CT molecular complexity index is 650. The lowest BCUT2D eigenvalue weighted by molar-refractivity contribution is 0.181. The van der Waals surface area contributed by atoms with Gasteiger partial charge in [0, 0.05) is 7.11 Å². The molecule has 0 amide bonds. The number of ether oxygens (including phenoxy) is 3. The summed E-state index contributed by atoms with van der Waals surface area (Å²) in [4.78, 5) is 8.86. The Morgan fingerprint density at radius 2 is 1.90 bits per heavy atom. The maximum Gasteiger partial charge on any atom is 0.171 e. The number of nitrogens with two attached hydrogens (primary N) is 1. The maximum atomic E-state index is 5.96. The molecule has 0 spiro atoms. The fraction of sp³-hybridized carbons (Fsp3) is 0.286. The number of aromatic nitrogens is 2. The molecule has 2 N–H and O–H groups in total. The number of rotatable bonds is 5. The van der Waals surface area contributed by atoms with Crippen molar-refractivity contribution in [2.45, 2.75) is 6.61 Å². The van der Waals surface area contributed by atoms with Crippen LogP contribution in [0.5, 0.6) is 11.5 Å². The first-order chi connectivity index (χ1) is 10.1. The third kappa shape index (κ3) is 3.18. The third-order valence-corrected chi connectivity index (χ3v) is 4.05. The second-order valence-corrected chi connectivity index (χ2v) is 5.25. The number of hydrogen-bond acceptors (Lipinski definition) is 6. The minimum atomic E-state index is 0.365. The van der Waals surface area contributed by atoms with Crippen LogP contribution in [0.1, 0.15) is 5.69 Å². The largest absolute Gasteiger partial charge is 0.493 e. The summed E-state index contributed by atoms with van der Waals surface area (Å²) in [6.07, 6.45) is 0. The Morgan fingerprint density at radius 1 is 1.14 bits per heavy atom. The first-order valence-electron chi connectivity index (χ1n) is 6.14. The molecular formula is C14H16IN3O3. The lowest BCUT2D eigenvalue weighted by Crippen LogP contribution is -2.06. The van der Waals surface area contributed by atoms with Crippen molar-refractivity contribution in [3.8, 4) is 22.9 Å². The van der Waals surface area contributed by atoms with Crippen molar-refractivity contribution < 1.29 is 14.2 Å². The number of nitrogens with zero attached hydrogens (tertiary/aromatic N) is 2. The van der Waals surface area contributed by atoms with Gasteiger partial charge in [-0.2, -0.15) is 0 Å². The van der Waals surface area contributed by atoms with Crippen LogP contribution >= 0.6 is 22.6 Å². The molecule has 1 aromatic carbocycles. The first-order valence-corrected chi connectivity index (χ1v) is 7.22. The van der Waals surface area contributed by atoms with Crippen molar-refractivity contribution in [1.29, 1.82) is 0 Å². The minimum absolute atomic E-state index is 0.365. The van der Waals surface area contributed by atoms with E-state index in [9.17, 15) is 0 Å². The van der Waals surface area contributed by atoms with E-state index in [0.29, 0.717) is 29.7 Å². The summed E-state index contributed by atoms with van der Waals surface area (Å²) in [6.45, 7) is 0.365. The van der Waals surface area contributed by atoms with Crippen LogP contribution in [0.15, 0.2) is 18.2 Å². The molecule has 0 fully saturated rings. The van der Waals surface area contributed by atoms with Gasteiger partial charge in [0.25, 0.3) is 0 Å². The van der Waals surface area contributed by atoms with E-state index in [-0.39, 0.29) is 0 Å². The van der Waals surface area contributed by atoms with Gasteiger partial charge in [-0.25, -0.2) is 9.97 Å². The van der Waals surface area contributed by atoms with Crippen molar-refractivity contribution in [2.75, 3.05) is 27.1 Å². The molecule has 0 aliphatic carbocycles. The molecule has 112 valence electrons. The van der Waals surface area contributed by atoms with Crippen molar-refractivity contribution >= 4 is 28.4 Å². The molecule has 0 atom stereocenters. The van der Waals surface area contributed by atoms with Crippen molar-refractivity contribution in [1.82, 2.24) is 9.97 Å². The molecule has 0 unspecified atom stereocenters. The Balaban J connectivity index is 2.62. The predicted molar refractivity (Wildman–Crippen MR) is 88.4 cm³/mol. The Morgan fingerprint density at radius 3 is 2.52 bits per heavy atom. The zero-order chi connectivity index (χ0) is 15.4. The smallest absolute Gasteiger partial charge is 0.171 e. The summed E-state index contributed by atoms with van der Waals surface area (Å²) in [5.41, 5.74) is 7.43. The van der Waals surface area contributed by atoms with Crippen molar-refractivity contribution in [3.63, 3.8) is 0 Å². The lowest BCUT2D eigenvalue weighted by Gasteiger charge is -2.13. The second-order valence-electron chi connectivity index (χ2n) is 4.17. The molecule has 6 nitrogen and oxygen atoms in total. The number of methoxy groups -OCH3 is 3. The van der Waals surface area contributed by atoms with E-state index in [1.54, 1.807) is 21.3 Å². The number of anilines is 1. The van der Waals surface area contributed by atoms with Gasteiger partial charge in [-0.3, -0.25) is 0 Å². The number of para-hydroxylation sites is 1.